The molecular weight excluding hydrogens is 190 g/mol. The van der Waals surface area contributed by atoms with Gasteiger partial charge in [-0.1, -0.05) is 0 Å². The maximum atomic E-state index is 5.45. The van der Waals surface area contributed by atoms with Crippen LogP contribution >= 0.6 is 0 Å². The molecule has 3 rings (SSSR count). The number of aryl methyl sites for hydroxylation is 1. The van der Waals surface area contributed by atoms with Gasteiger partial charge >= 0.3 is 0 Å². The highest BCUT2D eigenvalue weighted by Gasteiger charge is 2.38. The molecule has 2 N–H and O–H groups in total. The molecule has 1 aromatic rings. The molecule has 15 heavy (non-hydrogen) atoms. The lowest BCUT2D eigenvalue weighted by atomic mass is 9.96. The van der Waals surface area contributed by atoms with E-state index in [0.29, 0.717) is 0 Å². The summed E-state index contributed by atoms with van der Waals surface area (Å²) < 4.78 is 5.45. The maximum Gasteiger partial charge on any atom is 0.149 e. The first-order valence-corrected chi connectivity index (χ1v) is 5.34. The molecule has 0 aromatic carbocycles. The maximum absolute atomic E-state index is 5.45. The van der Waals surface area contributed by atoms with Gasteiger partial charge in [-0.05, 0) is 25.0 Å². The summed E-state index contributed by atoms with van der Waals surface area (Å²) in [4.78, 5) is 4.41. The molecule has 80 valence electrons. The van der Waals surface area contributed by atoms with E-state index in [-0.39, 0.29) is 5.54 Å². The highest BCUT2D eigenvalue weighted by molar-refractivity contribution is 5.68. The molecule has 1 fully saturated rings. The highest BCUT2D eigenvalue weighted by atomic mass is 16.5. The largest absolute Gasteiger partial charge is 0.380 e. The molecule has 4 nitrogen and oxygen atoms in total. The van der Waals surface area contributed by atoms with Gasteiger partial charge in [0.05, 0.1) is 17.8 Å². The Bertz CT molecular complexity index is 385. The van der Waals surface area contributed by atoms with Crippen LogP contribution in [-0.4, -0.2) is 30.3 Å². The minimum absolute atomic E-state index is 0.0647. The second-order valence-corrected chi connectivity index (χ2v) is 4.47. The van der Waals surface area contributed by atoms with Crippen molar-refractivity contribution in [2.45, 2.75) is 18.9 Å². The van der Waals surface area contributed by atoms with E-state index in [1.54, 1.807) is 0 Å². The molecule has 4 heteroatoms. The summed E-state index contributed by atoms with van der Waals surface area (Å²) in [5.74, 6) is 0.956. The number of aromatic nitrogens is 1. The Morgan fingerprint density at radius 1 is 1.53 bits per heavy atom. The van der Waals surface area contributed by atoms with Crippen molar-refractivity contribution >= 4 is 11.5 Å². The molecule has 0 saturated carbocycles. The number of pyridine rings is 1. The summed E-state index contributed by atoms with van der Waals surface area (Å²) in [6.45, 7) is 4.59. The Labute approximate surface area is 89.0 Å². The number of fused-ring (bicyclic) bond motifs is 1. The number of nitrogens with zero attached hydrogens (tertiary/aromatic N) is 1. The van der Waals surface area contributed by atoms with E-state index in [4.69, 9.17) is 4.74 Å². The lowest BCUT2D eigenvalue weighted by Crippen LogP contribution is -2.48. The Kier molecular flexibility index (Phi) is 1.85. The zero-order valence-electron chi connectivity index (χ0n) is 8.84. The molecule has 1 unspecified atom stereocenters. The zero-order chi connectivity index (χ0) is 10.3. The summed E-state index contributed by atoms with van der Waals surface area (Å²) in [6.07, 6.45) is 2.94. The highest BCUT2D eigenvalue weighted by Crippen LogP contribution is 2.32. The van der Waals surface area contributed by atoms with Crippen LogP contribution in [0.3, 0.4) is 0 Å². The van der Waals surface area contributed by atoms with Gasteiger partial charge in [-0.2, -0.15) is 0 Å². The number of hydrogen-bond donors (Lipinski definition) is 2. The van der Waals surface area contributed by atoms with Crippen LogP contribution in [0.4, 0.5) is 11.5 Å². The number of anilines is 2. The average Bonchev–Trinajstić information content (AvgIpc) is 2.67. The van der Waals surface area contributed by atoms with Crippen molar-refractivity contribution in [1.82, 2.24) is 4.98 Å². The van der Waals surface area contributed by atoms with Crippen molar-refractivity contribution in [3.63, 3.8) is 0 Å². The standard InChI is InChI=1S/C11H15N3O/c1-8-4-9-10(12-5-8)14-11(6-13-9)2-3-15-7-11/h4-5,13H,2-3,6-7H2,1H3,(H,12,14). The summed E-state index contributed by atoms with van der Waals surface area (Å²) in [5.41, 5.74) is 2.35. The molecule has 1 saturated heterocycles. The molecule has 0 radical (unpaired) electrons. The Morgan fingerprint density at radius 3 is 3.27 bits per heavy atom. The molecule has 0 amide bonds. The number of ether oxygens (including phenoxy) is 1. The molecular formula is C11H15N3O. The molecule has 1 atom stereocenters. The van der Waals surface area contributed by atoms with Crippen LogP contribution < -0.4 is 10.6 Å². The number of hydrogen-bond acceptors (Lipinski definition) is 4. The molecule has 2 aliphatic rings. The fourth-order valence-electron chi connectivity index (χ4n) is 2.21. The van der Waals surface area contributed by atoms with Crippen molar-refractivity contribution in [2.75, 3.05) is 30.4 Å². The van der Waals surface area contributed by atoms with Gasteiger partial charge in [0.1, 0.15) is 5.82 Å². The van der Waals surface area contributed by atoms with E-state index in [2.05, 4.69) is 28.6 Å². The molecule has 1 spiro atoms. The molecule has 0 bridgehead atoms. The van der Waals surface area contributed by atoms with E-state index in [0.717, 1.165) is 37.7 Å². The van der Waals surface area contributed by atoms with E-state index in [1.165, 1.54) is 5.56 Å². The Morgan fingerprint density at radius 2 is 2.47 bits per heavy atom. The van der Waals surface area contributed by atoms with Crippen LogP contribution in [0.15, 0.2) is 12.3 Å². The van der Waals surface area contributed by atoms with Crippen molar-refractivity contribution in [3.05, 3.63) is 17.8 Å². The number of rotatable bonds is 0. The fourth-order valence-corrected chi connectivity index (χ4v) is 2.21. The normalized spacial score (nSPS) is 28.3. The second kappa shape index (κ2) is 3.10. The average molecular weight is 205 g/mol. The summed E-state index contributed by atoms with van der Waals surface area (Å²) in [6, 6.07) is 2.12. The van der Waals surface area contributed by atoms with Crippen LogP contribution in [-0.2, 0) is 4.74 Å². The molecule has 1 aromatic heterocycles. The van der Waals surface area contributed by atoms with Crippen LogP contribution in [0.1, 0.15) is 12.0 Å². The topological polar surface area (TPSA) is 46.2 Å². The molecule has 3 heterocycles. The van der Waals surface area contributed by atoms with Crippen LogP contribution in [0.5, 0.6) is 0 Å². The van der Waals surface area contributed by atoms with Gasteiger partial charge in [-0.3, -0.25) is 0 Å². The van der Waals surface area contributed by atoms with Gasteiger partial charge in [0.25, 0.3) is 0 Å². The SMILES string of the molecule is Cc1cnc2c(c1)NCC1(CCOC1)N2. The quantitative estimate of drug-likeness (QED) is 0.672. The third-order valence-corrected chi connectivity index (χ3v) is 3.13. The lowest BCUT2D eigenvalue weighted by molar-refractivity contribution is 0.183. The van der Waals surface area contributed by atoms with Gasteiger partial charge < -0.3 is 15.4 Å². The van der Waals surface area contributed by atoms with Gasteiger partial charge in [-0.25, -0.2) is 4.98 Å². The predicted octanol–water partition coefficient (Wildman–Crippen LogP) is 1.39. The fraction of sp³-hybridized carbons (Fsp3) is 0.545. The van der Waals surface area contributed by atoms with Gasteiger partial charge in [0, 0.05) is 19.3 Å². The first-order chi connectivity index (χ1) is 7.27. The third-order valence-electron chi connectivity index (χ3n) is 3.13. The molecule has 2 aliphatic heterocycles. The van der Waals surface area contributed by atoms with E-state index in [9.17, 15) is 0 Å². The van der Waals surface area contributed by atoms with Crippen LogP contribution in [0.25, 0.3) is 0 Å². The first kappa shape index (κ1) is 8.97. The summed E-state index contributed by atoms with van der Waals surface area (Å²) in [5, 5.41) is 6.93. The Hall–Kier alpha value is -1.29. The minimum Gasteiger partial charge on any atom is -0.380 e. The van der Waals surface area contributed by atoms with Gasteiger partial charge in [0.2, 0.25) is 0 Å². The van der Waals surface area contributed by atoms with E-state index >= 15 is 0 Å². The van der Waals surface area contributed by atoms with Crippen molar-refractivity contribution in [3.8, 4) is 0 Å². The van der Waals surface area contributed by atoms with Crippen LogP contribution in [0.2, 0.25) is 0 Å². The van der Waals surface area contributed by atoms with Gasteiger partial charge in [-0.15, -0.1) is 0 Å². The lowest BCUT2D eigenvalue weighted by Gasteiger charge is -2.35. The monoisotopic (exact) mass is 205 g/mol. The van der Waals surface area contributed by atoms with Gasteiger partial charge in [0.15, 0.2) is 0 Å². The second-order valence-electron chi connectivity index (χ2n) is 4.47. The van der Waals surface area contributed by atoms with Crippen LogP contribution in [0, 0.1) is 6.92 Å². The van der Waals surface area contributed by atoms with Crippen molar-refractivity contribution in [2.24, 2.45) is 0 Å². The van der Waals surface area contributed by atoms with Crippen molar-refractivity contribution < 1.29 is 4.74 Å². The first-order valence-electron chi connectivity index (χ1n) is 5.34. The summed E-state index contributed by atoms with van der Waals surface area (Å²) in [7, 11) is 0. The minimum atomic E-state index is 0.0647. The Balaban J connectivity index is 1.93. The zero-order valence-corrected chi connectivity index (χ0v) is 8.84. The smallest absolute Gasteiger partial charge is 0.149 e. The molecule has 0 aliphatic carbocycles. The van der Waals surface area contributed by atoms with E-state index in [1.807, 2.05) is 6.20 Å². The van der Waals surface area contributed by atoms with E-state index < -0.39 is 0 Å². The predicted molar refractivity (Wildman–Crippen MR) is 59.3 cm³/mol. The number of nitrogens with one attached hydrogen (secondary N) is 2. The third kappa shape index (κ3) is 1.45. The summed E-state index contributed by atoms with van der Waals surface area (Å²) >= 11 is 0. The van der Waals surface area contributed by atoms with Crippen molar-refractivity contribution in [1.29, 1.82) is 0 Å².